The highest BCUT2D eigenvalue weighted by molar-refractivity contribution is 6.24. The number of aromatic amines is 1. The van der Waals surface area contributed by atoms with E-state index in [2.05, 4.69) is 10.3 Å². The fourth-order valence-corrected chi connectivity index (χ4v) is 6.98. The largest absolute Gasteiger partial charge is 0.461 e. The quantitative estimate of drug-likeness (QED) is 0.568. The molecular weight excluding hydrogens is 376 g/mol. The highest BCUT2D eigenvalue weighted by atomic mass is 35.5. The first-order chi connectivity index (χ1) is 13.4. The lowest BCUT2D eigenvalue weighted by molar-refractivity contribution is -0.138. The molecule has 28 heavy (non-hydrogen) atoms. The molecule has 4 atom stereocenters. The van der Waals surface area contributed by atoms with Crippen LogP contribution in [0.15, 0.2) is 24.3 Å². The lowest BCUT2D eigenvalue weighted by Gasteiger charge is -2.59. The summed E-state index contributed by atoms with van der Waals surface area (Å²) in [5, 5.41) is 3.94. The van der Waals surface area contributed by atoms with Gasteiger partial charge in [0.2, 0.25) is 5.91 Å². The summed E-state index contributed by atoms with van der Waals surface area (Å²) in [7, 11) is 0. The molecule has 6 rings (SSSR count). The maximum absolute atomic E-state index is 13.5. The number of carbonyl (C=O) groups is 2. The van der Waals surface area contributed by atoms with Crippen molar-refractivity contribution in [3.63, 3.8) is 0 Å². The van der Waals surface area contributed by atoms with E-state index in [1.165, 1.54) is 6.42 Å². The number of esters is 1. The molecule has 1 amide bonds. The Morgan fingerprint density at radius 3 is 2.61 bits per heavy atom. The minimum atomic E-state index is -0.451. The highest BCUT2D eigenvalue weighted by Gasteiger charge is 2.60. The van der Waals surface area contributed by atoms with Crippen molar-refractivity contribution < 1.29 is 14.3 Å². The van der Waals surface area contributed by atoms with Crippen LogP contribution < -0.4 is 5.32 Å². The third-order valence-electron chi connectivity index (χ3n) is 6.90. The number of para-hydroxylation sites is 1. The van der Waals surface area contributed by atoms with Gasteiger partial charge >= 0.3 is 5.97 Å². The molecule has 1 aromatic carbocycles. The van der Waals surface area contributed by atoms with E-state index in [1.807, 2.05) is 24.3 Å². The predicted molar refractivity (Wildman–Crippen MR) is 109 cm³/mol. The second kappa shape index (κ2) is 6.24. The van der Waals surface area contributed by atoms with Crippen LogP contribution in [0.3, 0.4) is 0 Å². The SMILES string of the molecule is CCOC(=O)c1[nH]c2ccccc2c1NC(=O)C12C[C@@H]3C[C@@H](CC(Cl)(C3)C1)C2. The number of alkyl halides is 1. The van der Waals surface area contributed by atoms with Crippen molar-refractivity contribution >= 4 is 40.1 Å². The van der Waals surface area contributed by atoms with Crippen molar-refractivity contribution in [2.45, 2.75) is 50.3 Å². The summed E-state index contributed by atoms with van der Waals surface area (Å²) in [6.07, 6.45) is 5.80. The molecule has 148 valence electrons. The molecule has 2 N–H and O–H groups in total. The number of anilines is 1. The molecule has 5 nitrogen and oxygen atoms in total. The van der Waals surface area contributed by atoms with E-state index in [0.717, 1.165) is 43.0 Å². The molecule has 4 saturated carbocycles. The van der Waals surface area contributed by atoms with Crippen LogP contribution >= 0.6 is 11.6 Å². The third kappa shape index (κ3) is 2.74. The number of nitrogens with one attached hydrogen (secondary N) is 2. The van der Waals surface area contributed by atoms with Crippen molar-refractivity contribution in [1.82, 2.24) is 4.98 Å². The van der Waals surface area contributed by atoms with E-state index in [-0.39, 0.29) is 17.4 Å². The Labute approximate surface area is 169 Å². The number of benzene rings is 1. The van der Waals surface area contributed by atoms with Gasteiger partial charge in [0, 0.05) is 15.8 Å². The predicted octanol–water partition coefficient (Wildman–Crippen LogP) is 4.86. The first-order valence-corrected chi connectivity index (χ1v) is 10.6. The number of rotatable bonds is 4. The molecule has 4 bridgehead atoms. The highest BCUT2D eigenvalue weighted by Crippen LogP contribution is 2.64. The number of halogens is 1. The van der Waals surface area contributed by atoms with Crippen LogP contribution in [0.2, 0.25) is 0 Å². The molecule has 0 aliphatic heterocycles. The van der Waals surface area contributed by atoms with Crippen molar-refractivity contribution in [1.29, 1.82) is 0 Å². The maximum Gasteiger partial charge on any atom is 0.356 e. The molecule has 2 unspecified atom stereocenters. The number of fused-ring (bicyclic) bond motifs is 1. The maximum atomic E-state index is 13.5. The molecule has 0 saturated heterocycles. The Morgan fingerprint density at radius 1 is 1.21 bits per heavy atom. The molecule has 4 aliphatic carbocycles. The van der Waals surface area contributed by atoms with Gasteiger partial charge < -0.3 is 15.0 Å². The zero-order chi connectivity index (χ0) is 19.5. The van der Waals surface area contributed by atoms with Gasteiger partial charge in [0.1, 0.15) is 5.69 Å². The summed E-state index contributed by atoms with van der Waals surface area (Å²) in [5.41, 5.74) is 1.22. The van der Waals surface area contributed by atoms with E-state index in [1.54, 1.807) is 6.92 Å². The van der Waals surface area contributed by atoms with Crippen LogP contribution in [0.1, 0.15) is 55.9 Å². The molecule has 4 fully saturated rings. The van der Waals surface area contributed by atoms with Gasteiger partial charge in [-0.25, -0.2) is 4.79 Å². The van der Waals surface area contributed by atoms with Crippen LogP contribution in [-0.4, -0.2) is 28.3 Å². The number of H-pyrrole nitrogens is 1. The summed E-state index contributed by atoms with van der Waals surface area (Å²) in [5.74, 6) is 0.629. The Morgan fingerprint density at radius 2 is 1.93 bits per heavy atom. The van der Waals surface area contributed by atoms with Gasteiger partial charge in [0.05, 0.1) is 17.7 Å². The second-order valence-electron chi connectivity index (χ2n) is 8.99. The van der Waals surface area contributed by atoms with E-state index < -0.39 is 11.4 Å². The molecule has 1 heterocycles. The molecule has 2 aromatic rings. The van der Waals surface area contributed by atoms with Crippen LogP contribution in [0.25, 0.3) is 10.9 Å². The zero-order valence-electron chi connectivity index (χ0n) is 16.0. The number of carbonyl (C=O) groups excluding carboxylic acids is 2. The van der Waals surface area contributed by atoms with Crippen LogP contribution in [0.5, 0.6) is 0 Å². The zero-order valence-corrected chi connectivity index (χ0v) is 16.8. The third-order valence-corrected chi connectivity index (χ3v) is 7.34. The van der Waals surface area contributed by atoms with E-state index >= 15 is 0 Å². The van der Waals surface area contributed by atoms with Gasteiger partial charge in [0.15, 0.2) is 0 Å². The van der Waals surface area contributed by atoms with Crippen LogP contribution in [-0.2, 0) is 9.53 Å². The molecule has 4 aliphatic rings. The van der Waals surface area contributed by atoms with Gasteiger partial charge in [-0.2, -0.15) is 0 Å². The van der Waals surface area contributed by atoms with Gasteiger partial charge in [-0.05, 0) is 63.4 Å². The van der Waals surface area contributed by atoms with Crippen molar-refractivity contribution in [3.8, 4) is 0 Å². The van der Waals surface area contributed by atoms with Crippen molar-refractivity contribution in [3.05, 3.63) is 30.0 Å². The average molecular weight is 401 g/mol. The minimum absolute atomic E-state index is 0.00178. The summed E-state index contributed by atoms with van der Waals surface area (Å²) in [4.78, 5) is 28.9. The summed E-state index contributed by atoms with van der Waals surface area (Å²) in [6.45, 7) is 2.05. The summed E-state index contributed by atoms with van der Waals surface area (Å²) >= 11 is 6.90. The molecule has 1 aromatic heterocycles. The fraction of sp³-hybridized carbons (Fsp3) is 0.545. The van der Waals surface area contributed by atoms with Gasteiger partial charge in [-0.3, -0.25) is 4.79 Å². The number of amides is 1. The molecule has 6 heteroatoms. The van der Waals surface area contributed by atoms with E-state index in [9.17, 15) is 9.59 Å². The number of ether oxygens (including phenoxy) is 1. The molecule has 0 spiro atoms. The van der Waals surface area contributed by atoms with E-state index in [0.29, 0.717) is 23.2 Å². The fourth-order valence-electron chi connectivity index (χ4n) is 6.29. The second-order valence-corrected chi connectivity index (χ2v) is 9.79. The monoisotopic (exact) mass is 400 g/mol. The smallest absolute Gasteiger partial charge is 0.356 e. The van der Waals surface area contributed by atoms with Crippen molar-refractivity contribution in [2.75, 3.05) is 11.9 Å². The first-order valence-electron chi connectivity index (χ1n) is 10.2. The topological polar surface area (TPSA) is 71.2 Å². The Balaban J connectivity index is 1.51. The Bertz CT molecular complexity index is 952. The number of hydrogen-bond acceptors (Lipinski definition) is 3. The number of hydrogen-bond donors (Lipinski definition) is 2. The molecular formula is C22H25ClN2O3. The average Bonchev–Trinajstić information content (AvgIpc) is 2.99. The number of aromatic nitrogens is 1. The summed E-state index contributed by atoms with van der Waals surface area (Å²) in [6, 6.07) is 7.61. The lowest BCUT2D eigenvalue weighted by Crippen LogP contribution is -2.57. The van der Waals surface area contributed by atoms with Crippen LogP contribution in [0.4, 0.5) is 5.69 Å². The van der Waals surface area contributed by atoms with Gasteiger partial charge in [0.25, 0.3) is 0 Å². The summed E-state index contributed by atoms with van der Waals surface area (Å²) < 4.78 is 5.20. The lowest BCUT2D eigenvalue weighted by atomic mass is 9.49. The van der Waals surface area contributed by atoms with Gasteiger partial charge in [-0.15, -0.1) is 11.6 Å². The first kappa shape index (κ1) is 18.0. The Hall–Kier alpha value is -2.01. The standard InChI is InChI=1S/C22H25ClN2O3/c1-2-28-19(26)18-17(15-5-3-4-6-16(15)24-18)25-20(27)21-8-13-7-14(9-21)11-22(23,10-13)12-21/h3-6,13-14,24H,2,7-12H2,1H3,(H,25,27)/t13-,14+,21?,22?. The Kier molecular flexibility index (Phi) is 4.02. The van der Waals surface area contributed by atoms with Crippen molar-refractivity contribution in [2.24, 2.45) is 17.3 Å². The minimum Gasteiger partial charge on any atom is -0.461 e. The van der Waals surface area contributed by atoms with Crippen LogP contribution in [0, 0.1) is 17.3 Å². The molecule has 0 radical (unpaired) electrons. The normalized spacial score (nSPS) is 33.2. The van der Waals surface area contributed by atoms with E-state index in [4.69, 9.17) is 16.3 Å². The van der Waals surface area contributed by atoms with Gasteiger partial charge in [-0.1, -0.05) is 18.2 Å².